The zero-order valence-electron chi connectivity index (χ0n) is 12.9. The second-order valence-corrected chi connectivity index (χ2v) is 5.93. The van der Waals surface area contributed by atoms with Crippen LogP contribution in [0.3, 0.4) is 0 Å². The Hall–Kier alpha value is -2.04. The summed E-state index contributed by atoms with van der Waals surface area (Å²) in [5, 5.41) is 0. The van der Waals surface area contributed by atoms with Gasteiger partial charge in [-0.15, -0.1) is 0 Å². The number of hydrogen-bond donors (Lipinski definition) is 0. The van der Waals surface area contributed by atoms with Crippen LogP contribution < -0.4 is 9.47 Å². The SMILES string of the molecule is CCCc1cc2c(cc1CC1(C(C)=O)CCOC1=O)OCO2. The Morgan fingerprint density at radius 2 is 1.86 bits per heavy atom. The summed E-state index contributed by atoms with van der Waals surface area (Å²) >= 11 is 0. The van der Waals surface area contributed by atoms with Crippen LogP contribution in [0.1, 0.15) is 37.8 Å². The van der Waals surface area contributed by atoms with Gasteiger partial charge >= 0.3 is 5.97 Å². The van der Waals surface area contributed by atoms with Crippen LogP contribution >= 0.6 is 0 Å². The van der Waals surface area contributed by atoms with Crippen LogP contribution in [-0.2, 0) is 27.2 Å². The maximum absolute atomic E-state index is 12.1. The van der Waals surface area contributed by atoms with Gasteiger partial charge in [0.25, 0.3) is 0 Å². The fourth-order valence-electron chi connectivity index (χ4n) is 3.18. The summed E-state index contributed by atoms with van der Waals surface area (Å²) in [5.41, 5.74) is 1.03. The van der Waals surface area contributed by atoms with Crippen molar-refractivity contribution in [1.82, 2.24) is 0 Å². The monoisotopic (exact) mass is 304 g/mol. The lowest BCUT2D eigenvalue weighted by molar-refractivity contribution is -0.150. The molecule has 1 aromatic carbocycles. The molecule has 0 amide bonds. The van der Waals surface area contributed by atoms with E-state index in [1.165, 1.54) is 6.92 Å². The minimum atomic E-state index is -1.05. The molecule has 0 saturated carbocycles. The number of ketones is 1. The Labute approximate surface area is 129 Å². The van der Waals surface area contributed by atoms with Crippen molar-refractivity contribution in [2.45, 2.75) is 39.5 Å². The maximum Gasteiger partial charge on any atom is 0.320 e. The molecule has 0 bridgehead atoms. The molecule has 118 valence electrons. The number of fused-ring (bicyclic) bond motifs is 1. The van der Waals surface area contributed by atoms with E-state index in [1.807, 2.05) is 12.1 Å². The van der Waals surface area contributed by atoms with E-state index in [9.17, 15) is 9.59 Å². The van der Waals surface area contributed by atoms with Gasteiger partial charge in [-0.3, -0.25) is 9.59 Å². The van der Waals surface area contributed by atoms with Crippen molar-refractivity contribution in [1.29, 1.82) is 0 Å². The number of hydrogen-bond acceptors (Lipinski definition) is 5. The molecule has 0 aliphatic carbocycles. The molecule has 1 aromatic rings. The molecule has 2 heterocycles. The second kappa shape index (κ2) is 5.63. The molecular formula is C17H20O5. The highest BCUT2D eigenvalue weighted by molar-refractivity contribution is 6.04. The highest BCUT2D eigenvalue weighted by Crippen LogP contribution is 2.40. The minimum absolute atomic E-state index is 0.130. The first-order chi connectivity index (χ1) is 10.6. The van der Waals surface area contributed by atoms with Crippen LogP contribution in [0, 0.1) is 5.41 Å². The van der Waals surface area contributed by atoms with E-state index in [4.69, 9.17) is 14.2 Å². The highest BCUT2D eigenvalue weighted by Gasteiger charge is 2.49. The van der Waals surface area contributed by atoms with E-state index in [0.717, 1.165) is 29.7 Å². The molecule has 1 atom stereocenters. The van der Waals surface area contributed by atoms with Crippen molar-refractivity contribution >= 4 is 11.8 Å². The van der Waals surface area contributed by atoms with Gasteiger partial charge in [-0.1, -0.05) is 13.3 Å². The number of aryl methyl sites for hydroxylation is 1. The molecule has 0 N–H and O–H groups in total. The number of carbonyl (C=O) groups is 2. The largest absolute Gasteiger partial charge is 0.465 e. The fourth-order valence-corrected chi connectivity index (χ4v) is 3.18. The Morgan fingerprint density at radius 3 is 2.41 bits per heavy atom. The number of rotatable bonds is 5. The van der Waals surface area contributed by atoms with E-state index in [2.05, 4.69) is 6.92 Å². The first kappa shape index (κ1) is 14.9. The lowest BCUT2D eigenvalue weighted by Gasteiger charge is -2.23. The molecule has 0 aromatic heterocycles. The van der Waals surface area contributed by atoms with Crippen LogP contribution in [0.25, 0.3) is 0 Å². The molecule has 0 radical (unpaired) electrons. The number of cyclic esters (lactones) is 1. The quantitative estimate of drug-likeness (QED) is 0.617. The molecule has 1 fully saturated rings. The van der Waals surface area contributed by atoms with Crippen LogP contribution in [0.5, 0.6) is 11.5 Å². The van der Waals surface area contributed by atoms with Gasteiger partial charge in [0.1, 0.15) is 11.2 Å². The van der Waals surface area contributed by atoms with Crippen molar-refractivity contribution < 1.29 is 23.8 Å². The molecule has 5 heteroatoms. The van der Waals surface area contributed by atoms with E-state index in [-0.39, 0.29) is 12.6 Å². The number of Topliss-reactive ketones (excluding diaryl/α,β-unsaturated/α-hetero) is 1. The van der Waals surface area contributed by atoms with Crippen LogP contribution in [0.15, 0.2) is 12.1 Å². The van der Waals surface area contributed by atoms with E-state index in [1.54, 1.807) is 0 Å². The predicted molar refractivity (Wildman–Crippen MR) is 79.0 cm³/mol. The van der Waals surface area contributed by atoms with Gasteiger partial charge in [0.2, 0.25) is 6.79 Å². The molecule has 22 heavy (non-hydrogen) atoms. The number of carbonyl (C=O) groups excluding carboxylic acids is 2. The van der Waals surface area contributed by atoms with Crippen molar-refractivity contribution in [3.8, 4) is 11.5 Å². The minimum Gasteiger partial charge on any atom is -0.465 e. The summed E-state index contributed by atoms with van der Waals surface area (Å²) in [4.78, 5) is 24.3. The summed E-state index contributed by atoms with van der Waals surface area (Å²) in [5.74, 6) is 0.883. The second-order valence-electron chi connectivity index (χ2n) is 5.93. The van der Waals surface area contributed by atoms with E-state index in [0.29, 0.717) is 25.2 Å². The fraction of sp³-hybridized carbons (Fsp3) is 0.529. The molecule has 1 unspecified atom stereocenters. The van der Waals surface area contributed by atoms with E-state index < -0.39 is 11.4 Å². The summed E-state index contributed by atoms with van der Waals surface area (Å²) in [6, 6.07) is 3.87. The molecular weight excluding hydrogens is 284 g/mol. The zero-order chi connectivity index (χ0) is 15.7. The molecule has 0 spiro atoms. The van der Waals surface area contributed by atoms with Gasteiger partial charge in [-0.05, 0) is 43.0 Å². The van der Waals surface area contributed by atoms with Crippen molar-refractivity contribution in [2.75, 3.05) is 13.4 Å². The molecule has 5 nitrogen and oxygen atoms in total. The van der Waals surface area contributed by atoms with Gasteiger partial charge in [0, 0.05) is 6.42 Å². The third kappa shape index (κ3) is 2.34. The van der Waals surface area contributed by atoms with Crippen molar-refractivity contribution in [3.05, 3.63) is 23.3 Å². The van der Waals surface area contributed by atoms with Gasteiger partial charge in [0.05, 0.1) is 6.61 Å². The summed E-state index contributed by atoms with van der Waals surface area (Å²) < 4.78 is 15.9. The Balaban J connectivity index is 2.00. The summed E-state index contributed by atoms with van der Waals surface area (Å²) in [7, 11) is 0. The van der Waals surface area contributed by atoms with Crippen LogP contribution in [-0.4, -0.2) is 25.2 Å². The lowest BCUT2D eigenvalue weighted by atomic mass is 9.76. The summed E-state index contributed by atoms with van der Waals surface area (Å²) in [6.45, 7) is 4.09. The van der Waals surface area contributed by atoms with Gasteiger partial charge in [-0.25, -0.2) is 0 Å². The normalized spacial score (nSPS) is 22.7. The van der Waals surface area contributed by atoms with Crippen LogP contribution in [0.4, 0.5) is 0 Å². The Morgan fingerprint density at radius 1 is 1.18 bits per heavy atom. The Bertz CT molecular complexity index is 622. The zero-order valence-corrected chi connectivity index (χ0v) is 12.9. The number of ether oxygens (including phenoxy) is 3. The molecule has 3 rings (SSSR count). The average Bonchev–Trinajstić information content (AvgIpc) is 3.07. The van der Waals surface area contributed by atoms with Gasteiger partial charge in [0.15, 0.2) is 11.5 Å². The third-order valence-corrected chi connectivity index (χ3v) is 4.53. The van der Waals surface area contributed by atoms with E-state index >= 15 is 0 Å². The Kier molecular flexibility index (Phi) is 3.81. The molecule has 1 saturated heterocycles. The molecule has 2 aliphatic rings. The highest BCUT2D eigenvalue weighted by atomic mass is 16.7. The third-order valence-electron chi connectivity index (χ3n) is 4.53. The first-order valence-corrected chi connectivity index (χ1v) is 7.66. The van der Waals surface area contributed by atoms with Gasteiger partial charge in [-0.2, -0.15) is 0 Å². The number of esters is 1. The van der Waals surface area contributed by atoms with Crippen molar-refractivity contribution in [2.24, 2.45) is 5.41 Å². The smallest absolute Gasteiger partial charge is 0.320 e. The predicted octanol–water partition coefficient (Wildman–Crippen LogP) is 2.43. The standard InChI is InChI=1S/C17H20O5/c1-3-4-12-7-14-15(22-10-21-14)8-13(12)9-17(11(2)18)5-6-20-16(17)19/h7-8H,3-6,9-10H2,1-2H3. The first-order valence-electron chi connectivity index (χ1n) is 7.66. The van der Waals surface area contributed by atoms with Crippen molar-refractivity contribution in [3.63, 3.8) is 0 Å². The average molecular weight is 304 g/mol. The summed E-state index contributed by atoms with van der Waals surface area (Å²) in [6.07, 6.45) is 2.66. The lowest BCUT2D eigenvalue weighted by Crippen LogP contribution is -2.36. The molecule has 2 aliphatic heterocycles. The topological polar surface area (TPSA) is 61.8 Å². The van der Waals surface area contributed by atoms with Gasteiger partial charge < -0.3 is 14.2 Å². The number of benzene rings is 1. The van der Waals surface area contributed by atoms with Crippen LogP contribution in [0.2, 0.25) is 0 Å². The maximum atomic E-state index is 12.1.